The van der Waals surface area contributed by atoms with Gasteiger partial charge in [-0.1, -0.05) is 120 Å². The summed E-state index contributed by atoms with van der Waals surface area (Å²) in [6, 6.07) is 18.5. The Morgan fingerprint density at radius 2 is 1.31 bits per heavy atom. The van der Waals surface area contributed by atoms with Gasteiger partial charge in [0.15, 0.2) is 6.54 Å². The SMILES string of the molecule is CCCCCCCCCCCCCc1ccccc1OCCOC(=O)C[N+](C)(C)Cc1ccccc1. The predicted molar refractivity (Wildman–Crippen MR) is 150 cm³/mol. The molecule has 0 unspecified atom stereocenters. The number of unbranched alkanes of at least 4 members (excludes halogenated alkanes) is 10. The third kappa shape index (κ3) is 13.7. The third-order valence-corrected chi connectivity index (χ3v) is 6.64. The Labute approximate surface area is 220 Å². The quantitative estimate of drug-likeness (QED) is 0.107. The van der Waals surface area contributed by atoms with Crippen molar-refractivity contribution in [1.29, 1.82) is 0 Å². The van der Waals surface area contributed by atoms with Gasteiger partial charge in [-0.2, -0.15) is 0 Å². The Bertz CT molecular complexity index is 834. The monoisotopic (exact) mass is 496 g/mol. The van der Waals surface area contributed by atoms with Crippen molar-refractivity contribution >= 4 is 5.97 Å². The number of ether oxygens (including phenoxy) is 2. The fraction of sp³-hybridized carbons (Fsp3) is 0.594. The highest BCUT2D eigenvalue weighted by Crippen LogP contribution is 2.21. The zero-order valence-corrected chi connectivity index (χ0v) is 23.2. The highest BCUT2D eigenvalue weighted by molar-refractivity contribution is 5.70. The molecule has 0 amide bonds. The molecule has 200 valence electrons. The van der Waals surface area contributed by atoms with E-state index in [-0.39, 0.29) is 12.6 Å². The van der Waals surface area contributed by atoms with Gasteiger partial charge in [0.1, 0.15) is 25.5 Å². The number of carbonyl (C=O) groups excluding carboxylic acids is 1. The van der Waals surface area contributed by atoms with Gasteiger partial charge < -0.3 is 14.0 Å². The van der Waals surface area contributed by atoms with Crippen LogP contribution < -0.4 is 4.74 Å². The molecule has 0 aliphatic rings. The summed E-state index contributed by atoms with van der Waals surface area (Å²) in [4.78, 5) is 12.4. The number of hydrogen-bond acceptors (Lipinski definition) is 3. The molecule has 0 aliphatic heterocycles. The molecule has 0 bridgehead atoms. The molecule has 2 rings (SSSR count). The summed E-state index contributed by atoms with van der Waals surface area (Å²) >= 11 is 0. The minimum atomic E-state index is -0.186. The van der Waals surface area contributed by atoms with Gasteiger partial charge in [0.2, 0.25) is 0 Å². The fourth-order valence-corrected chi connectivity index (χ4v) is 4.67. The van der Waals surface area contributed by atoms with Crippen LogP contribution in [-0.2, 0) is 22.5 Å². The summed E-state index contributed by atoms with van der Waals surface area (Å²) in [6.07, 6.45) is 15.9. The first-order valence-corrected chi connectivity index (χ1v) is 14.2. The second kappa shape index (κ2) is 18.0. The second-order valence-corrected chi connectivity index (χ2v) is 10.7. The van der Waals surface area contributed by atoms with E-state index in [1.807, 2.05) is 30.3 Å². The van der Waals surface area contributed by atoms with Gasteiger partial charge in [-0.3, -0.25) is 0 Å². The minimum Gasteiger partial charge on any atom is -0.490 e. The first kappa shape index (κ1) is 29.9. The molecule has 0 aliphatic carbocycles. The molecule has 0 atom stereocenters. The van der Waals surface area contributed by atoms with Crippen molar-refractivity contribution in [1.82, 2.24) is 0 Å². The highest BCUT2D eigenvalue weighted by atomic mass is 16.6. The van der Waals surface area contributed by atoms with Crippen LogP contribution in [0.1, 0.15) is 88.7 Å². The van der Waals surface area contributed by atoms with E-state index in [2.05, 4.69) is 45.3 Å². The molecule has 4 heteroatoms. The van der Waals surface area contributed by atoms with Crippen LogP contribution in [0.25, 0.3) is 0 Å². The maximum Gasteiger partial charge on any atom is 0.361 e. The summed E-state index contributed by atoms with van der Waals surface area (Å²) in [5.74, 6) is 0.731. The molecule has 4 nitrogen and oxygen atoms in total. The standard InChI is InChI=1S/C32H50NO3/c1-4-5-6-7-8-9-10-11-12-13-17-22-30-23-18-19-24-31(30)35-25-26-36-32(34)28-33(2,3)27-29-20-15-14-16-21-29/h14-16,18-21,23-24H,4-13,17,22,25-28H2,1-3H3/q+1. The smallest absolute Gasteiger partial charge is 0.361 e. The van der Waals surface area contributed by atoms with Crippen LogP contribution in [0, 0.1) is 0 Å². The topological polar surface area (TPSA) is 35.5 Å². The van der Waals surface area contributed by atoms with Crippen molar-refractivity contribution in [3.8, 4) is 5.75 Å². The maximum absolute atomic E-state index is 12.4. The average Bonchev–Trinajstić information content (AvgIpc) is 2.86. The van der Waals surface area contributed by atoms with E-state index in [0.29, 0.717) is 17.6 Å². The van der Waals surface area contributed by atoms with E-state index in [0.717, 1.165) is 18.7 Å². The number of para-hydroxylation sites is 1. The number of aryl methyl sites for hydroxylation is 1. The van der Waals surface area contributed by atoms with E-state index in [1.54, 1.807) is 0 Å². The number of nitrogens with zero attached hydrogens (tertiary/aromatic N) is 1. The molecule has 0 radical (unpaired) electrons. The predicted octanol–water partition coefficient (Wildman–Crippen LogP) is 7.74. The van der Waals surface area contributed by atoms with Gasteiger partial charge in [0.05, 0.1) is 14.1 Å². The molecule has 0 heterocycles. The number of rotatable bonds is 20. The van der Waals surface area contributed by atoms with E-state index < -0.39 is 0 Å². The van der Waals surface area contributed by atoms with Gasteiger partial charge in [-0.25, -0.2) is 4.79 Å². The molecule has 36 heavy (non-hydrogen) atoms. The lowest BCUT2D eigenvalue weighted by Gasteiger charge is -2.28. The molecule has 0 N–H and O–H groups in total. The third-order valence-electron chi connectivity index (χ3n) is 6.64. The lowest BCUT2D eigenvalue weighted by Crippen LogP contribution is -2.43. The van der Waals surface area contributed by atoms with Gasteiger partial charge in [-0.05, 0) is 24.5 Å². The summed E-state index contributed by atoms with van der Waals surface area (Å²) in [5, 5.41) is 0. The molecule has 0 saturated carbocycles. The zero-order chi connectivity index (χ0) is 25.9. The first-order valence-electron chi connectivity index (χ1n) is 14.2. The molecular weight excluding hydrogens is 446 g/mol. The van der Waals surface area contributed by atoms with Crippen LogP contribution in [0.4, 0.5) is 0 Å². The Kier molecular flexibility index (Phi) is 14.9. The molecule has 0 fully saturated rings. The first-order chi connectivity index (χ1) is 17.5. The average molecular weight is 497 g/mol. The van der Waals surface area contributed by atoms with Crippen molar-refractivity contribution in [2.45, 2.75) is 90.5 Å². The fourth-order valence-electron chi connectivity index (χ4n) is 4.67. The van der Waals surface area contributed by atoms with Crippen molar-refractivity contribution in [2.24, 2.45) is 0 Å². The summed E-state index contributed by atoms with van der Waals surface area (Å²) in [6.45, 7) is 4.06. The van der Waals surface area contributed by atoms with E-state index >= 15 is 0 Å². The van der Waals surface area contributed by atoms with Crippen LogP contribution in [0.15, 0.2) is 54.6 Å². The molecular formula is C32H50NO3+. The summed E-state index contributed by atoms with van der Waals surface area (Å²) in [5.41, 5.74) is 2.47. The normalized spacial score (nSPS) is 11.4. The molecule has 0 spiro atoms. The highest BCUT2D eigenvalue weighted by Gasteiger charge is 2.21. The second-order valence-electron chi connectivity index (χ2n) is 10.7. The molecule has 0 aromatic heterocycles. The summed E-state index contributed by atoms with van der Waals surface area (Å²) < 4.78 is 12.0. The van der Waals surface area contributed by atoms with Crippen molar-refractivity contribution < 1.29 is 18.8 Å². The van der Waals surface area contributed by atoms with E-state index in [9.17, 15) is 4.79 Å². The molecule has 2 aromatic rings. The van der Waals surface area contributed by atoms with Crippen LogP contribution >= 0.6 is 0 Å². The number of quaternary nitrogens is 1. The zero-order valence-electron chi connectivity index (χ0n) is 23.2. The van der Waals surface area contributed by atoms with Gasteiger partial charge in [0.25, 0.3) is 0 Å². The largest absolute Gasteiger partial charge is 0.490 e. The van der Waals surface area contributed by atoms with Crippen LogP contribution in [0.2, 0.25) is 0 Å². The van der Waals surface area contributed by atoms with Gasteiger partial charge >= 0.3 is 5.97 Å². The Hall–Kier alpha value is -2.33. The van der Waals surface area contributed by atoms with Crippen LogP contribution in [0.5, 0.6) is 5.75 Å². The van der Waals surface area contributed by atoms with Crippen LogP contribution in [-0.4, -0.2) is 44.3 Å². The maximum atomic E-state index is 12.4. The van der Waals surface area contributed by atoms with Gasteiger partial charge in [0, 0.05) is 5.56 Å². The Morgan fingerprint density at radius 3 is 1.97 bits per heavy atom. The Balaban J connectivity index is 1.58. The summed E-state index contributed by atoms with van der Waals surface area (Å²) in [7, 11) is 4.10. The Morgan fingerprint density at radius 1 is 0.722 bits per heavy atom. The van der Waals surface area contributed by atoms with Crippen molar-refractivity contribution in [2.75, 3.05) is 33.9 Å². The number of likely N-dealkylation sites (N-methyl/N-ethyl adjacent to an activating group) is 1. The van der Waals surface area contributed by atoms with Crippen LogP contribution in [0.3, 0.4) is 0 Å². The van der Waals surface area contributed by atoms with E-state index in [1.165, 1.54) is 81.8 Å². The molecule has 2 aromatic carbocycles. The minimum absolute atomic E-state index is 0.186. The number of carbonyl (C=O) groups is 1. The number of hydrogen-bond donors (Lipinski definition) is 0. The van der Waals surface area contributed by atoms with E-state index in [4.69, 9.17) is 9.47 Å². The number of benzene rings is 2. The van der Waals surface area contributed by atoms with Gasteiger partial charge in [-0.15, -0.1) is 0 Å². The number of esters is 1. The molecule has 0 saturated heterocycles. The lowest BCUT2D eigenvalue weighted by molar-refractivity contribution is -0.896. The van der Waals surface area contributed by atoms with Crippen molar-refractivity contribution in [3.05, 3.63) is 65.7 Å². The van der Waals surface area contributed by atoms with Crippen molar-refractivity contribution in [3.63, 3.8) is 0 Å². The lowest BCUT2D eigenvalue weighted by atomic mass is 10.0.